The molecule has 6 heteroatoms. The normalized spacial score (nSPS) is 12.3. The van der Waals surface area contributed by atoms with Crippen LogP contribution in [0.3, 0.4) is 0 Å². The van der Waals surface area contributed by atoms with Gasteiger partial charge >= 0.3 is 5.97 Å². The molecule has 1 unspecified atom stereocenters. The fourth-order valence-electron chi connectivity index (χ4n) is 1.66. The van der Waals surface area contributed by atoms with Crippen LogP contribution < -0.4 is 5.73 Å². The molecule has 1 atom stereocenters. The summed E-state index contributed by atoms with van der Waals surface area (Å²) in [4.78, 5) is 15.1. The molecular formula is C13H13ClN2O2S. The van der Waals surface area contributed by atoms with E-state index in [0.717, 1.165) is 16.3 Å². The molecule has 19 heavy (non-hydrogen) atoms. The van der Waals surface area contributed by atoms with E-state index in [1.165, 1.54) is 11.3 Å². The molecule has 0 aliphatic heterocycles. The monoisotopic (exact) mass is 296 g/mol. The SMILES string of the molecule is NC(Cc1csc(Cc2cccc(Cl)c2)n1)C(=O)O. The molecule has 0 aliphatic rings. The number of aliphatic carboxylic acids is 1. The smallest absolute Gasteiger partial charge is 0.320 e. The molecule has 3 N–H and O–H groups in total. The molecule has 1 aromatic carbocycles. The number of nitrogens with zero attached hydrogens (tertiary/aromatic N) is 1. The summed E-state index contributed by atoms with van der Waals surface area (Å²) in [5.41, 5.74) is 7.28. The second-order valence-electron chi connectivity index (χ2n) is 4.19. The Morgan fingerprint density at radius 2 is 2.32 bits per heavy atom. The zero-order valence-corrected chi connectivity index (χ0v) is 11.6. The molecule has 0 aliphatic carbocycles. The molecule has 0 saturated heterocycles. The van der Waals surface area contributed by atoms with E-state index < -0.39 is 12.0 Å². The van der Waals surface area contributed by atoms with Gasteiger partial charge in [-0.15, -0.1) is 11.3 Å². The number of carboxylic acid groups (broad SMARTS) is 1. The van der Waals surface area contributed by atoms with Gasteiger partial charge < -0.3 is 10.8 Å². The number of aromatic nitrogens is 1. The van der Waals surface area contributed by atoms with Gasteiger partial charge in [0.05, 0.1) is 10.7 Å². The molecule has 0 spiro atoms. The largest absolute Gasteiger partial charge is 0.480 e. The molecule has 0 radical (unpaired) electrons. The Kier molecular flexibility index (Phi) is 4.52. The zero-order valence-electron chi connectivity index (χ0n) is 10.0. The van der Waals surface area contributed by atoms with Gasteiger partial charge in [0.15, 0.2) is 0 Å². The Labute approximate surface area is 119 Å². The number of halogens is 1. The molecule has 0 fully saturated rings. The van der Waals surface area contributed by atoms with Crippen molar-refractivity contribution in [3.05, 3.63) is 50.9 Å². The van der Waals surface area contributed by atoms with Crippen molar-refractivity contribution in [1.29, 1.82) is 0 Å². The quantitative estimate of drug-likeness (QED) is 0.888. The van der Waals surface area contributed by atoms with Gasteiger partial charge in [-0.25, -0.2) is 4.98 Å². The van der Waals surface area contributed by atoms with Crippen LogP contribution in [-0.4, -0.2) is 22.1 Å². The van der Waals surface area contributed by atoms with Crippen molar-refractivity contribution < 1.29 is 9.90 Å². The van der Waals surface area contributed by atoms with Crippen molar-refractivity contribution in [2.45, 2.75) is 18.9 Å². The van der Waals surface area contributed by atoms with Gasteiger partial charge in [0, 0.05) is 23.2 Å². The molecule has 0 bridgehead atoms. The number of carbonyl (C=O) groups is 1. The third-order valence-electron chi connectivity index (χ3n) is 2.59. The van der Waals surface area contributed by atoms with Crippen molar-refractivity contribution in [3.63, 3.8) is 0 Å². The molecule has 1 aromatic heterocycles. The Morgan fingerprint density at radius 3 is 3.00 bits per heavy atom. The maximum atomic E-state index is 10.7. The lowest BCUT2D eigenvalue weighted by Gasteiger charge is -2.02. The van der Waals surface area contributed by atoms with Gasteiger partial charge in [0.2, 0.25) is 0 Å². The minimum atomic E-state index is -1.01. The van der Waals surface area contributed by atoms with Crippen molar-refractivity contribution >= 4 is 28.9 Å². The fourth-order valence-corrected chi connectivity index (χ4v) is 2.71. The van der Waals surface area contributed by atoms with E-state index in [1.54, 1.807) is 0 Å². The Bertz CT molecular complexity index is 586. The molecule has 1 heterocycles. The summed E-state index contributed by atoms with van der Waals surface area (Å²) in [6.45, 7) is 0. The molecule has 4 nitrogen and oxygen atoms in total. The Morgan fingerprint density at radius 1 is 1.53 bits per heavy atom. The molecule has 100 valence electrons. The lowest BCUT2D eigenvalue weighted by atomic mass is 10.1. The number of hydrogen-bond acceptors (Lipinski definition) is 4. The topological polar surface area (TPSA) is 76.2 Å². The average molecular weight is 297 g/mol. The fraction of sp³-hybridized carbons (Fsp3) is 0.231. The van der Waals surface area contributed by atoms with Crippen LogP contribution in [0.15, 0.2) is 29.6 Å². The van der Waals surface area contributed by atoms with Crippen molar-refractivity contribution in [1.82, 2.24) is 4.98 Å². The van der Waals surface area contributed by atoms with Gasteiger partial charge in [0.25, 0.3) is 0 Å². The molecule has 0 saturated carbocycles. The van der Waals surface area contributed by atoms with E-state index in [4.69, 9.17) is 22.4 Å². The third kappa shape index (κ3) is 4.02. The van der Waals surface area contributed by atoms with Gasteiger partial charge in [0.1, 0.15) is 6.04 Å². The molecular weight excluding hydrogens is 284 g/mol. The Balaban J connectivity index is 2.03. The number of carboxylic acids is 1. The number of hydrogen-bond donors (Lipinski definition) is 2. The first-order valence-corrected chi connectivity index (χ1v) is 6.96. The van der Waals surface area contributed by atoms with Crippen LogP contribution in [0.2, 0.25) is 5.02 Å². The summed E-state index contributed by atoms with van der Waals surface area (Å²) in [6.07, 6.45) is 0.939. The lowest BCUT2D eigenvalue weighted by Crippen LogP contribution is -2.32. The van der Waals surface area contributed by atoms with Gasteiger partial charge in [-0.1, -0.05) is 23.7 Å². The number of thiazole rings is 1. The van der Waals surface area contributed by atoms with Gasteiger partial charge in [-0.2, -0.15) is 0 Å². The highest BCUT2D eigenvalue weighted by Crippen LogP contribution is 2.18. The van der Waals surface area contributed by atoms with Gasteiger partial charge in [-0.05, 0) is 17.7 Å². The lowest BCUT2D eigenvalue weighted by molar-refractivity contribution is -0.138. The van der Waals surface area contributed by atoms with E-state index in [9.17, 15) is 4.79 Å². The van der Waals surface area contributed by atoms with Crippen LogP contribution in [0.1, 0.15) is 16.3 Å². The summed E-state index contributed by atoms with van der Waals surface area (Å²) < 4.78 is 0. The standard InChI is InChI=1S/C13H13ClN2O2S/c14-9-3-1-2-8(4-9)5-12-16-10(7-19-12)6-11(15)13(17)18/h1-4,7,11H,5-6,15H2,(H,17,18). The van der Waals surface area contributed by atoms with E-state index in [0.29, 0.717) is 11.4 Å². The third-order valence-corrected chi connectivity index (χ3v) is 3.72. The highest BCUT2D eigenvalue weighted by molar-refractivity contribution is 7.09. The van der Waals surface area contributed by atoms with Crippen LogP contribution in [0.25, 0.3) is 0 Å². The molecule has 2 aromatic rings. The Hall–Kier alpha value is -1.43. The minimum absolute atomic E-state index is 0.251. The summed E-state index contributed by atoms with van der Waals surface area (Å²) >= 11 is 7.42. The van der Waals surface area contributed by atoms with Crippen LogP contribution in [-0.2, 0) is 17.6 Å². The number of benzene rings is 1. The highest BCUT2D eigenvalue weighted by Gasteiger charge is 2.14. The van der Waals surface area contributed by atoms with E-state index >= 15 is 0 Å². The zero-order chi connectivity index (χ0) is 13.8. The predicted octanol–water partition coefficient (Wildman–Crippen LogP) is 2.34. The maximum Gasteiger partial charge on any atom is 0.320 e. The van der Waals surface area contributed by atoms with Crippen LogP contribution in [0.5, 0.6) is 0 Å². The predicted molar refractivity (Wildman–Crippen MR) is 75.7 cm³/mol. The maximum absolute atomic E-state index is 10.7. The molecule has 2 rings (SSSR count). The first-order valence-electron chi connectivity index (χ1n) is 5.70. The number of rotatable bonds is 5. The van der Waals surface area contributed by atoms with E-state index in [2.05, 4.69) is 4.98 Å². The first-order chi connectivity index (χ1) is 9.04. The second-order valence-corrected chi connectivity index (χ2v) is 5.57. The van der Waals surface area contributed by atoms with E-state index in [1.807, 2.05) is 29.6 Å². The van der Waals surface area contributed by atoms with E-state index in [-0.39, 0.29) is 6.42 Å². The highest BCUT2D eigenvalue weighted by atomic mass is 35.5. The summed E-state index contributed by atoms with van der Waals surface area (Å²) in [6, 6.07) is 6.69. The van der Waals surface area contributed by atoms with Crippen LogP contribution in [0, 0.1) is 0 Å². The summed E-state index contributed by atoms with van der Waals surface area (Å²) in [5, 5.41) is 12.2. The van der Waals surface area contributed by atoms with Crippen LogP contribution in [0.4, 0.5) is 0 Å². The second kappa shape index (κ2) is 6.14. The first kappa shape index (κ1) is 14.0. The number of nitrogens with two attached hydrogens (primary N) is 1. The van der Waals surface area contributed by atoms with Crippen molar-refractivity contribution in [2.24, 2.45) is 5.73 Å². The summed E-state index contributed by atoms with van der Waals surface area (Å²) in [5.74, 6) is -1.01. The van der Waals surface area contributed by atoms with Crippen LogP contribution >= 0.6 is 22.9 Å². The minimum Gasteiger partial charge on any atom is -0.480 e. The molecule has 0 amide bonds. The van der Waals surface area contributed by atoms with Crippen molar-refractivity contribution in [2.75, 3.05) is 0 Å². The average Bonchev–Trinajstić information content (AvgIpc) is 2.76. The summed E-state index contributed by atoms with van der Waals surface area (Å²) in [7, 11) is 0. The van der Waals surface area contributed by atoms with Gasteiger partial charge in [-0.3, -0.25) is 4.79 Å². The van der Waals surface area contributed by atoms with Crippen molar-refractivity contribution in [3.8, 4) is 0 Å².